The van der Waals surface area contributed by atoms with Gasteiger partial charge in [-0.1, -0.05) is 30.1 Å². The first-order valence-electron chi connectivity index (χ1n) is 5.55. The molecular weight excluding hydrogens is 289 g/mol. The molecule has 0 spiro atoms. The zero-order valence-electron chi connectivity index (χ0n) is 10.5. The smallest absolute Gasteiger partial charge is 0.331 e. The first-order valence-corrected chi connectivity index (χ1v) is 6.31. The van der Waals surface area contributed by atoms with Crippen molar-refractivity contribution in [1.29, 1.82) is 0 Å². The molecule has 1 rings (SSSR count). The summed E-state index contributed by atoms with van der Waals surface area (Å²) in [4.78, 5) is 22.9. The van der Waals surface area contributed by atoms with E-state index in [9.17, 15) is 9.59 Å². The monoisotopic (exact) mass is 301 g/mol. The van der Waals surface area contributed by atoms with Crippen LogP contribution in [0, 0.1) is 0 Å². The number of aliphatic carboxylic acids is 1. The molecule has 0 saturated carbocycles. The number of carbonyl (C=O) groups is 2. The van der Waals surface area contributed by atoms with Gasteiger partial charge in [-0.05, 0) is 31.5 Å². The highest BCUT2D eigenvalue weighted by Crippen LogP contribution is 2.23. The van der Waals surface area contributed by atoms with E-state index in [2.05, 4.69) is 5.32 Å². The average Bonchev–Trinajstić information content (AvgIpc) is 2.27. The molecule has 19 heavy (non-hydrogen) atoms. The maximum Gasteiger partial charge on any atom is 0.331 e. The summed E-state index contributed by atoms with van der Waals surface area (Å²) in [5.74, 6) is -1.59. The van der Waals surface area contributed by atoms with Crippen LogP contribution in [0.4, 0.5) is 5.69 Å². The summed E-state index contributed by atoms with van der Waals surface area (Å²) in [5.41, 5.74) is 0.656. The second-order valence-corrected chi connectivity index (χ2v) is 4.75. The zero-order valence-corrected chi connectivity index (χ0v) is 12.0. The van der Waals surface area contributed by atoms with Gasteiger partial charge in [-0.15, -0.1) is 0 Å². The molecule has 0 bridgehead atoms. The summed E-state index contributed by atoms with van der Waals surface area (Å²) in [6.45, 7) is 3.11. The summed E-state index contributed by atoms with van der Waals surface area (Å²) < 4.78 is 0. The SMILES string of the molecule is CCC(C(=O)Nc1cc(Cl)cc(Cl)c1)=C(C)C(=O)O. The summed E-state index contributed by atoms with van der Waals surface area (Å²) >= 11 is 11.6. The number of halogens is 2. The number of anilines is 1. The van der Waals surface area contributed by atoms with E-state index in [1.54, 1.807) is 6.92 Å². The molecule has 0 aliphatic rings. The Balaban J connectivity index is 3.01. The van der Waals surface area contributed by atoms with E-state index in [0.717, 1.165) is 0 Å². The van der Waals surface area contributed by atoms with Crippen LogP contribution < -0.4 is 5.32 Å². The predicted octanol–water partition coefficient (Wildman–Crippen LogP) is 3.74. The van der Waals surface area contributed by atoms with Crippen molar-refractivity contribution in [2.75, 3.05) is 5.32 Å². The molecule has 1 amide bonds. The minimum absolute atomic E-state index is 0.0214. The van der Waals surface area contributed by atoms with Gasteiger partial charge in [0.15, 0.2) is 0 Å². The fourth-order valence-electron chi connectivity index (χ4n) is 1.56. The second-order valence-electron chi connectivity index (χ2n) is 3.87. The molecular formula is C13H13Cl2NO3. The van der Waals surface area contributed by atoms with Crippen molar-refractivity contribution in [2.24, 2.45) is 0 Å². The van der Waals surface area contributed by atoms with E-state index in [0.29, 0.717) is 22.2 Å². The molecule has 0 saturated heterocycles. The van der Waals surface area contributed by atoms with Gasteiger partial charge in [-0.2, -0.15) is 0 Å². The van der Waals surface area contributed by atoms with Crippen molar-refractivity contribution in [2.45, 2.75) is 20.3 Å². The van der Waals surface area contributed by atoms with Crippen molar-refractivity contribution in [3.63, 3.8) is 0 Å². The Morgan fingerprint density at radius 2 is 1.74 bits per heavy atom. The predicted molar refractivity (Wildman–Crippen MR) is 75.7 cm³/mol. The molecule has 0 fully saturated rings. The van der Waals surface area contributed by atoms with Crippen LogP contribution in [0.1, 0.15) is 20.3 Å². The Kier molecular flexibility index (Phi) is 5.39. The minimum Gasteiger partial charge on any atom is -0.478 e. The van der Waals surface area contributed by atoms with Crippen LogP contribution in [0.5, 0.6) is 0 Å². The first-order chi connectivity index (χ1) is 8.85. The van der Waals surface area contributed by atoms with Crippen molar-refractivity contribution >= 4 is 40.8 Å². The van der Waals surface area contributed by atoms with Crippen LogP contribution in [0.15, 0.2) is 29.3 Å². The number of benzene rings is 1. The third-order valence-electron chi connectivity index (χ3n) is 2.52. The normalized spacial score (nSPS) is 11.8. The number of rotatable bonds is 4. The number of carbonyl (C=O) groups excluding carboxylic acids is 1. The highest BCUT2D eigenvalue weighted by molar-refractivity contribution is 6.35. The summed E-state index contributed by atoms with van der Waals surface area (Å²) in [6, 6.07) is 4.61. The van der Waals surface area contributed by atoms with Gasteiger partial charge in [-0.25, -0.2) is 4.79 Å². The summed E-state index contributed by atoms with van der Waals surface area (Å²) in [5, 5.41) is 12.3. The molecule has 2 N–H and O–H groups in total. The topological polar surface area (TPSA) is 66.4 Å². The van der Waals surface area contributed by atoms with Crippen LogP contribution in [-0.2, 0) is 9.59 Å². The molecule has 0 unspecified atom stereocenters. The van der Waals surface area contributed by atoms with Crippen LogP contribution in [0.2, 0.25) is 10.0 Å². The van der Waals surface area contributed by atoms with E-state index in [-0.39, 0.29) is 11.1 Å². The van der Waals surface area contributed by atoms with Crippen molar-refractivity contribution in [3.05, 3.63) is 39.4 Å². The Morgan fingerprint density at radius 1 is 1.21 bits per heavy atom. The first kappa shape index (κ1) is 15.5. The number of carboxylic acid groups (broad SMARTS) is 1. The van der Waals surface area contributed by atoms with Gasteiger partial charge in [0.25, 0.3) is 5.91 Å². The maximum absolute atomic E-state index is 12.0. The highest BCUT2D eigenvalue weighted by atomic mass is 35.5. The van der Waals surface area contributed by atoms with Crippen molar-refractivity contribution in [1.82, 2.24) is 0 Å². The summed E-state index contributed by atoms with van der Waals surface area (Å²) in [6.07, 6.45) is 0.318. The van der Waals surface area contributed by atoms with E-state index < -0.39 is 11.9 Å². The minimum atomic E-state index is -1.11. The molecule has 6 heteroatoms. The van der Waals surface area contributed by atoms with Gasteiger partial charge < -0.3 is 10.4 Å². The fraction of sp³-hybridized carbons (Fsp3) is 0.231. The standard InChI is InChI=1S/C13H13Cl2NO3/c1-3-11(7(2)13(18)19)12(17)16-10-5-8(14)4-9(15)6-10/h4-6H,3H2,1-2H3,(H,16,17)(H,18,19). The lowest BCUT2D eigenvalue weighted by molar-refractivity contribution is -0.133. The quantitative estimate of drug-likeness (QED) is 0.833. The number of hydrogen-bond acceptors (Lipinski definition) is 2. The van der Waals surface area contributed by atoms with Crippen LogP contribution >= 0.6 is 23.2 Å². The maximum atomic E-state index is 12.0. The molecule has 0 heterocycles. The molecule has 1 aromatic carbocycles. The number of carboxylic acids is 1. The Morgan fingerprint density at radius 3 is 2.16 bits per heavy atom. The molecule has 0 aromatic heterocycles. The number of amides is 1. The molecule has 102 valence electrons. The Hall–Kier alpha value is -1.52. The van der Waals surface area contributed by atoms with Gasteiger partial charge in [0, 0.05) is 26.9 Å². The van der Waals surface area contributed by atoms with Crippen LogP contribution in [-0.4, -0.2) is 17.0 Å². The van der Waals surface area contributed by atoms with E-state index in [1.165, 1.54) is 25.1 Å². The lowest BCUT2D eigenvalue weighted by atomic mass is 10.1. The lowest BCUT2D eigenvalue weighted by Gasteiger charge is -2.09. The molecule has 0 aliphatic carbocycles. The van der Waals surface area contributed by atoms with Gasteiger partial charge in [0.05, 0.1) is 0 Å². The lowest BCUT2D eigenvalue weighted by Crippen LogP contribution is -2.17. The molecule has 4 nitrogen and oxygen atoms in total. The molecule has 0 aliphatic heterocycles. The third-order valence-corrected chi connectivity index (χ3v) is 2.96. The second kappa shape index (κ2) is 6.59. The number of hydrogen-bond donors (Lipinski definition) is 2. The van der Waals surface area contributed by atoms with E-state index >= 15 is 0 Å². The Bertz CT molecular complexity index is 533. The van der Waals surface area contributed by atoms with E-state index in [4.69, 9.17) is 28.3 Å². The fourth-order valence-corrected chi connectivity index (χ4v) is 2.08. The summed E-state index contributed by atoms with van der Waals surface area (Å²) in [7, 11) is 0. The molecule has 0 atom stereocenters. The van der Waals surface area contributed by atoms with Gasteiger partial charge in [0.2, 0.25) is 0 Å². The van der Waals surface area contributed by atoms with Crippen molar-refractivity contribution < 1.29 is 14.7 Å². The highest BCUT2D eigenvalue weighted by Gasteiger charge is 2.15. The Labute approximate surface area is 121 Å². The largest absolute Gasteiger partial charge is 0.478 e. The van der Waals surface area contributed by atoms with Crippen LogP contribution in [0.3, 0.4) is 0 Å². The van der Waals surface area contributed by atoms with Crippen molar-refractivity contribution in [3.8, 4) is 0 Å². The zero-order chi connectivity index (χ0) is 14.6. The van der Waals surface area contributed by atoms with Crippen LogP contribution in [0.25, 0.3) is 0 Å². The van der Waals surface area contributed by atoms with E-state index in [1.807, 2.05) is 0 Å². The molecule has 1 aromatic rings. The van der Waals surface area contributed by atoms with Gasteiger partial charge >= 0.3 is 5.97 Å². The average molecular weight is 302 g/mol. The van der Waals surface area contributed by atoms with Gasteiger partial charge in [-0.3, -0.25) is 4.79 Å². The van der Waals surface area contributed by atoms with Gasteiger partial charge in [0.1, 0.15) is 0 Å². The number of nitrogens with one attached hydrogen (secondary N) is 1. The third kappa shape index (κ3) is 4.26. The molecule has 0 radical (unpaired) electrons.